The van der Waals surface area contributed by atoms with Crippen LogP contribution in [0.3, 0.4) is 0 Å². The Kier molecular flexibility index (Phi) is 4.19. The maximum atomic E-state index is 5.99. The second-order valence-electron chi connectivity index (χ2n) is 4.60. The number of nitrogens with zero attached hydrogens (tertiary/aromatic N) is 3. The van der Waals surface area contributed by atoms with E-state index in [1.165, 1.54) is 6.33 Å². The zero-order chi connectivity index (χ0) is 13.0. The van der Waals surface area contributed by atoms with Crippen molar-refractivity contribution in [2.45, 2.75) is 25.8 Å². The Morgan fingerprint density at radius 3 is 2.83 bits per heavy atom. The first-order valence-electron chi connectivity index (χ1n) is 6.39. The van der Waals surface area contributed by atoms with Crippen molar-refractivity contribution in [3.63, 3.8) is 0 Å². The molecule has 3 N–H and O–H groups in total. The zero-order valence-corrected chi connectivity index (χ0v) is 11.0. The Hall–Kier alpha value is -1.56. The Morgan fingerprint density at radius 1 is 1.44 bits per heavy atom. The maximum absolute atomic E-state index is 5.99. The lowest BCUT2D eigenvalue weighted by atomic mass is 10.1. The molecule has 1 saturated heterocycles. The van der Waals surface area contributed by atoms with Gasteiger partial charge in [-0.25, -0.2) is 4.98 Å². The van der Waals surface area contributed by atoms with Crippen molar-refractivity contribution in [3.8, 4) is 5.88 Å². The Bertz CT molecular complexity index is 390. The number of ether oxygens (including phenoxy) is 1. The summed E-state index contributed by atoms with van der Waals surface area (Å²) in [5.74, 6) is 1.14. The molecule has 2 heterocycles. The summed E-state index contributed by atoms with van der Waals surface area (Å²) in [5.41, 5.74) is 6.49. The fraction of sp³-hybridized carbons (Fsp3) is 0.667. The highest BCUT2D eigenvalue weighted by Gasteiger charge is 2.18. The van der Waals surface area contributed by atoms with Gasteiger partial charge in [0, 0.05) is 6.04 Å². The van der Waals surface area contributed by atoms with Crippen LogP contribution in [0.1, 0.15) is 19.8 Å². The van der Waals surface area contributed by atoms with Gasteiger partial charge in [-0.15, -0.1) is 0 Å². The molecule has 0 aliphatic carbocycles. The molecule has 1 aromatic heterocycles. The first-order valence-corrected chi connectivity index (χ1v) is 6.39. The molecule has 100 valence electrons. The number of hydrogen-bond acceptors (Lipinski definition) is 6. The van der Waals surface area contributed by atoms with Crippen LogP contribution in [0.15, 0.2) is 6.33 Å². The van der Waals surface area contributed by atoms with E-state index in [0.717, 1.165) is 25.9 Å². The van der Waals surface area contributed by atoms with Crippen molar-refractivity contribution in [1.29, 1.82) is 0 Å². The quantitative estimate of drug-likeness (QED) is 0.830. The van der Waals surface area contributed by atoms with Gasteiger partial charge in [-0.2, -0.15) is 4.98 Å². The number of hydrogen-bond donors (Lipinski definition) is 2. The number of rotatable bonds is 4. The monoisotopic (exact) mass is 251 g/mol. The molecule has 0 aromatic carbocycles. The average molecular weight is 251 g/mol. The second kappa shape index (κ2) is 5.86. The normalized spacial score (nSPS) is 17.7. The first kappa shape index (κ1) is 12.9. The van der Waals surface area contributed by atoms with Gasteiger partial charge in [0.2, 0.25) is 5.88 Å². The van der Waals surface area contributed by atoms with Gasteiger partial charge in [0.15, 0.2) is 5.82 Å². The van der Waals surface area contributed by atoms with E-state index in [1.54, 1.807) is 0 Å². The molecule has 0 amide bonds. The molecule has 1 aromatic rings. The highest BCUT2D eigenvalue weighted by Crippen LogP contribution is 2.26. The molecule has 1 fully saturated rings. The van der Waals surface area contributed by atoms with Crippen molar-refractivity contribution < 1.29 is 4.74 Å². The number of nitrogens with one attached hydrogen (secondary N) is 1. The highest BCUT2D eigenvalue weighted by molar-refractivity contribution is 5.66. The van der Waals surface area contributed by atoms with Crippen molar-refractivity contribution in [3.05, 3.63) is 6.33 Å². The lowest BCUT2D eigenvalue weighted by molar-refractivity contribution is 0.263. The summed E-state index contributed by atoms with van der Waals surface area (Å²) in [5, 5.41) is 3.39. The van der Waals surface area contributed by atoms with Crippen LogP contribution in [-0.4, -0.2) is 47.7 Å². The maximum Gasteiger partial charge on any atom is 0.242 e. The summed E-state index contributed by atoms with van der Waals surface area (Å²) in [6.45, 7) is 4.66. The summed E-state index contributed by atoms with van der Waals surface area (Å²) >= 11 is 0. The van der Waals surface area contributed by atoms with Crippen LogP contribution < -0.4 is 15.8 Å². The minimum Gasteiger partial charge on any atom is -0.476 e. The molecule has 0 radical (unpaired) electrons. The number of anilines is 2. The van der Waals surface area contributed by atoms with Gasteiger partial charge in [-0.05, 0) is 39.9 Å². The van der Waals surface area contributed by atoms with Crippen LogP contribution in [0.5, 0.6) is 5.88 Å². The van der Waals surface area contributed by atoms with Crippen LogP contribution in [0.4, 0.5) is 11.5 Å². The summed E-state index contributed by atoms with van der Waals surface area (Å²) in [6, 6.07) is 0.424. The van der Waals surface area contributed by atoms with Gasteiger partial charge in [0.05, 0.1) is 6.61 Å². The third kappa shape index (κ3) is 3.01. The Balaban J connectivity index is 2.02. The third-order valence-electron chi connectivity index (χ3n) is 3.19. The van der Waals surface area contributed by atoms with E-state index in [1.807, 2.05) is 6.92 Å². The summed E-state index contributed by atoms with van der Waals surface area (Å²) < 4.78 is 5.36. The highest BCUT2D eigenvalue weighted by atomic mass is 16.5. The summed E-state index contributed by atoms with van der Waals surface area (Å²) in [6.07, 6.45) is 3.69. The molecule has 0 unspecified atom stereocenters. The number of nitrogen functional groups attached to an aromatic ring is 1. The van der Waals surface area contributed by atoms with E-state index in [0.29, 0.717) is 30.0 Å². The second-order valence-corrected chi connectivity index (χ2v) is 4.60. The van der Waals surface area contributed by atoms with Crippen molar-refractivity contribution >= 4 is 11.5 Å². The van der Waals surface area contributed by atoms with Crippen molar-refractivity contribution in [1.82, 2.24) is 14.9 Å². The molecular weight excluding hydrogens is 230 g/mol. The molecule has 0 saturated carbocycles. The fourth-order valence-electron chi connectivity index (χ4n) is 2.09. The first-order chi connectivity index (χ1) is 8.70. The van der Waals surface area contributed by atoms with E-state index in [9.17, 15) is 0 Å². The van der Waals surface area contributed by atoms with Gasteiger partial charge in [0.1, 0.15) is 12.0 Å². The summed E-state index contributed by atoms with van der Waals surface area (Å²) in [4.78, 5) is 10.5. The Morgan fingerprint density at radius 2 is 2.17 bits per heavy atom. The molecule has 2 rings (SSSR count). The minimum atomic E-state index is 0.424. The predicted molar refractivity (Wildman–Crippen MR) is 71.8 cm³/mol. The average Bonchev–Trinajstić information content (AvgIpc) is 2.37. The van der Waals surface area contributed by atoms with Crippen molar-refractivity contribution in [2.24, 2.45) is 0 Å². The van der Waals surface area contributed by atoms with Crippen LogP contribution in [0.25, 0.3) is 0 Å². The van der Waals surface area contributed by atoms with Crippen molar-refractivity contribution in [2.75, 3.05) is 37.8 Å². The molecular formula is C12H21N5O. The lowest BCUT2D eigenvalue weighted by Crippen LogP contribution is -2.37. The van der Waals surface area contributed by atoms with E-state index in [2.05, 4.69) is 27.2 Å². The van der Waals surface area contributed by atoms with E-state index >= 15 is 0 Å². The van der Waals surface area contributed by atoms with E-state index in [4.69, 9.17) is 10.5 Å². The molecule has 18 heavy (non-hydrogen) atoms. The predicted octanol–water partition coefficient (Wildman–Crippen LogP) is 0.964. The fourth-order valence-corrected chi connectivity index (χ4v) is 2.09. The SMILES string of the molecule is CCOc1ncnc(NC2CCN(C)CC2)c1N. The van der Waals surface area contributed by atoms with Crippen LogP contribution in [0, 0.1) is 0 Å². The number of piperidine rings is 1. The molecule has 0 spiro atoms. The minimum absolute atomic E-state index is 0.424. The topological polar surface area (TPSA) is 76.3 Å². The summed E-state index contributed by atoms with van der Waals surface area (Å²) in [7, 11) is 2.14. The van der Waals surface area contributed by atoms with Gasteiger partial charge in [-0.3, -0.25) is 0 Å². The Labute approximate surface area is 108 Å². The third-order valence-corrected chi connectivity index (χ3v) is 3.19. The van der Waals surface area contributed by atoms with Gasteiger partial charge in [-0.1, -0.05) is 0 Å². The van der Waals surface area contributed by atoms with Gasteiger partial charge >= 0.3 is 0 Å². The van der Waals surface area contributed by atoms with Crippen LogP contribution in [0.2, 0.25) is 0 Å². The van der Waals surface area contributed by atoms with Crippen LogP contribution in [-0.2, 0) is 0 Å². The van der Waals surface area contributed by atoms with E-state index < -0.39 is 0 Å². The molecule has 6 nitrogen and oxygen atoms in total. The standard InChI is InChI=1S/C12H21N5O/c1-3-18-12-10(13)11(14-8-15-12)16-9-4-6-17(2)7-5-9/h8-9H,3-7,13H2,1-2H3,(H,14,15,16). The van der Waals surface area contributed by atoms with Crippen LogP contribution >= 0.6 is 0 Å². The zero-order valence-electron chi connectivity index (χ0n) is 11.0. The number of aromatic nitrogens is 2. The molecule has 6 heteroatoms. The van der Waals surface area contributed by atoms with Gasteiger partial charge < -0.3 is 20.7 Å². The smallest absolute Gasteiger partial charge is 0.242 e. The largest absolute Gasteiger partial charge is 0.476 e. The molecule has 1 aliphatic heterocycles. The molecule has 1 aliphatic rings. The molecule has 0 bridgehead atoms. The van der Waals surface area contributed by atoms with E-state index in [-0.39, 0.29) is 0 Å². The molecule has 0 atom stereocenters. The number of nitrogens with two attached hydrogens (primary N) is 1. The lowest BCUT2D eigenvalue weighted by Gasteiger charge is -2.30. The van der Waals surface area contributed by atoms with Gasteiger partial charge in [0.25, 0.3) is 0 Å². The number of likely N-dealkylation sites (tertiary alicyclic amines) is 1.